The van der Waals surface area contributed by atoms with E-state index in [0.29, 0.717) is 18.0 Å². The van der Waals surface area contributed by atoms with Crippen LogP contribution in [0.15, 0.2) is 28.8 Å². The Labute approximate surface area is 117 Å². The lowest BCUT2D eigenvalue weighted by molar-refractivity contribution is -0.118. The number of aryl methyl sites for hydroxylation is 2. The Morgan fingerprint density at radius 1 is 1.30 bits per heavy atom. The lowest BCUT2D eigenvalue weighted by atomic mass is 10.1. The fourth-order valence-corrected chi connectivity index (χ4v) is 2.12. The van der Waals surface area contributed by atoms with Crippen LogP contribution < -0.4 is 4.90 Å². The number of benzene rings is 1. The van der Waals surface area contributed by atoms with Crippen LogP contribution in [0.4, 0.5) is 10.1 Å². The lowest BCUT2D eigenvalue weighted by Gasteiger charge is -2.21. The third-order valence-electron chi connectivity index (χ3n) is 3.26. The fraction of sp³-hybridized carbons (Fsp3) is 0.333. The number of likely N-dealkylation sites (N-methyl/N-ethyl adjacent to an activating group) is 1. The predicted octanol–water partition coefficient (Wildman–Crippen LogP) is 3.03. The van der Waals surface area contributed by atoms with Gasteiger partial charge in [0, 0.05) is 17.8 Å². The van der Waals surface area contributed by atoms with E-state index in [4.69, 9.17) is 4.52 Å². The number of aromatic nitrogens is 1. The summed E-state index contributed by atoms with van der Waals surface area (Å²) in [7, 11) is 0. The molecule has 1 aromatic carbocycles. The number of rotatable bonds is 4. The molecule has 0 saturated heterocycles. The van der Waals surface area contributed by atoms with Crippen molar-refractivity contribution in [1.29, 1.82) is 0 Å². The van der Waals surface area contributed by atoms with E-state index in [1.807, 2.05) is 13.8 Å². The maximum Gasteiger partial charge on any atom is 0.231 e. The second-order valence-corrected chi connectivity index (χ2v) is 4.59. The summed E-state index contributed by atoms with van der Waals surface area (Å²) < 4.78 is 18.0. The molecular formula is C15H17FN2O2. The zero-order chi connectivity index (χ0) is 14.7. The average Bonchev–Trinajstić information content (AvgIpc) is 2.73. The zero-order valence-electron chi connectivity index (χ0n) is 11.8. The molecule has 0 aliphatic rings. The Kier molecular flexibility index (Phi) is 4.17. The molecule has 5 heteroatoms. The van der Waals surface area contributed by atoms with E-state index >= 15 is 0 Å². The van der Waals surface area contributed by atoms with Crippen LogP contribution in [0, 0.1) is 19.7 Å². The van der Waals surface area contributed by atoms with E-state index in [9.17, 15) is 9.18 Å². The lowest BCUT2D eigenvalue weighted by Crippen LogP contribution is -2.32. The van der Waals surface area contributed by atoms with Gasteiger partial charge in [-0.2, -0.15) is 0 Å². The molecule has 20 heavy (non-hydrogen) atoms. The van der Waals surface area contributed by atoms with Gasteiger partial charge in [0.25, 0.3) is 0 Å². The summed E-state index contributed by atoms with van der Waals surface area (Å²) in [6, 6.07) is 5.90. The molecule has 0 radical (unpaired) electrons. The maximum atomic E-state index is 12.9. The Bertz CT molecular complexity index is 585. The summed E-state index contributed by atoms with van der Waals surface area (Å²) in [4.78, 5) is 14.0. The first-order valence-electron chi connectivity index (χ1n) is 6.50. The van der Waals surface area contributed by atoms with Crippen LogP contribution in [0.5, 0.6) is 0 Å². The van der Waals surface area contributed by atoms with Crippen LogP contribution in [0.25, 0.3) is 0 Å². The molecule has 106 valence electrons. The van der Waals surface area contributed by atoms with E-state index in [2.05, 4.69) is 5.16 Å². The van der Waals surface area contributed by atoms with Crippen molar-refractivity contribution in [3.05, 3.63) is 47.1 Å². The summed E-state index contributed by atoms with van der Waals surface area (Å²) in [5.41, 5.74) is 2.23. The summed E-state index contributed by atoms with van der Waals surface area (Å²) in [6.07, 6.45) is 0.229. The molecule has 0 atom stereocenters. The highest BCUT2D eigenvalue weighted by molar-refractivity contribution is 5.94. The van der Waals surface area contributed by atoms with Crippen molar-refractivity contribution in [2.45, 2.75) is 27.2 Å². The first-order chi connectivity index (χ1) is 9.52. The number of carbonyl (C=O) groups is 1. The Morgan fingerprint density at radius 2 is 1.95 bits per heavy atom. The van der Waals surface area contributed by atoms with Gasteiger partial charge in [-0.3, -0.25) is 4.79 Å². The summed E-state index contributed by atoms with van der Waals surface area (Å²) in [6.45, 7) is 6.01. The largest absolute Gasteiger partial charge is 0.361 e. The smallest absolute Gasteiger partial charge is 0.231 e. The molecule has 2 aromatic rings. The van der Waals surface area contributed by atoms with Crippen LogP contribution in [0.1, 0.15) is 23.9 Å². The molecular weight excluding hydrogens is 259 g/mol. The molecule has 0 bridgehead atoms. The number of hydrogen-bond acceptors (Lipinski definition) is 3. The monoisotopic (exact) mass is 276 g/mol. The molecule has 0 N–H and O–H groups in total. The van der Waals surface area contributed by atoms with Crippen LogP contribution in [-0.4, -0.2) is 17.6 Å². The standard InChI is InChI=1S/C15H17FN2O2/c1-4-18(13-7-5-12(16)6-8-13)15(19)9-14-10(2)17-20-11(14)3/h5-8H,4,9H2,1-3H3. The van der Waals surface area contributed by atoms with Gasteiger partial charge in [0.05, 0.1) is 12.1 Å². The predicted molar refractivity (Wildman–Crippen MR) is 74.1 cm³/mol. The molecule has 2 rings (SSSR count). The molecule has 1 amide bonds. The van der Waals surface area contributed by atoms with Gasteiger partial charge in [-0.25, -0.2) is 4.39 Å². The van der Waals surface area contributed by atoms with Crippen LogP contribution in [0.2, 0.25) is 0 Å². The molecule has 0 aliphatic heterocycles. The van der Waals surface area contributed by atoms with E-state index in [-0.39, 0.29) is 18.1 Å². The number of hydrogen-bond donors (Lipinski definition) is 0. The SMILES string of the molecule is CCN(C(=O)Cc1c(C)noc1C)c1ccc(F)cc1. The molecule has 0 unspecified atom stereocenters. The highest BCUT2D eigenvalue weighted by Crippen LogP contribution is 2.19. The van der Waals surface area contributed by atoms with Gasteiger partial charge in [-0.15, -0.1) is 0 Å². The number of carbonyl (C=O) groups excluding carboxylic acids is 1. The zero-order valence-corrected chi connectivity index (χ0v) is 11.8. The molecule has 0 fully saturated rings. The van der Waals surface area contributed by atoms with Gasteiger partial charge >= 0.3 is 0 Å². The molecule has 1 heterocycles. The fourth-order valence-electron chi connectivity index (χ4n) is 2.12. The first-order valence-corrected chi connectivity index (χ1v) is 6.50. The Balaban J connectivity index is 2.20. The van der Waals surface area contributed by atoms with Gasteiger partial charge in [-0.1, -0.05) is 5.16 Å². The molecule has 1 aromatic heterocycles. The van der Waals surface area contributed by atoms with Gasteiger partial charge in [0.2, 0.25) is 5.91 Å². The topological polar surface area (TPSA) is 46.3 Å². The van der Waals surface area contributed by atoms with E-state index in [0.717, 1.165) is 11.3 Å². The van der Waals surface area contributed by atoms with E-state index in [1.165, 1.54) is 12.1 Å². The van der Waals surface area contributed by atoms with Gasteiger partial charge < -0.3 is 9.42 Å². The van der Waals surface area contributed by atoms with Crippen LogP contribution in [-0.2, 0) is 11.2 Å². The molecule has 0 aliphatic carbocycles. The van der Waals surface area contributed by atoms with E-state index in [1.54, 1.807) is 24.0 Å². The van der Waals surface area contributed by atoms with Crippen molar-refractivity contribution in [3.63, 3.8) is 0 Å². The van der Waals surface area contributed by atoms with Crippen molar-refractivity contribution in [2.75, 3.05) is 11.4 Å². The van der Waals surface area contributed by atoms with E-state index < -0.39 is 0 Å². The summed E-state index contributed by atoms with van der Waals surface area (Å²) in [5.74, 6) is 0.280. The summed E-state index contributed by atoms with van der Waals surface area (Å²) in [5, 5.41) is 3.84. The third kappa shape index (κ3) is 2.87. The van der Waals surface area contributed by atoms with Crippen molar-refractivity contribution in [1.82, 2.24) is 5.16 Å². The highest BCUT2D eigenvalue weighted by atomic mass is 19.1. The highest BCUT2D eigenvalue weighted by Gasteiger charge is 2.19. The minimum absolute atomic E-state index is 0.0616. The quantitative estimate of drug-likeness (QED) is 0.862. The van der Waals surface area contributed by atoms with Gasteiger partial charge in [-0.05, 0) is 45.0 Å². The molecule has 4 nitrogen and oxygen atoms in total. The van der Waals surface area contributed by atoms with Crippen LogP contribution >= 0.6 is 0 Å². The maximum absolute atomic E-state index is 12.9. The van der Waals surface area contributed by atoms with Gasteiger partial charge in [0.15, 0.2) is 0 Å². The van der Waals surface area contributed by atoms with Crippen molar-refractivity contribution < 1.29 is 13.7 Å². The minimum Gasteiger partial charge on any atom is -0.361 e. The van der Waals surface area contributed by atoms with Gasteiger partial charge in [0.1, 0.15) is 11.6 Å². The third-order valence-corrected chi connectivity index (χ3v) is 3.26. The Morgan fingerprint density at radius 3 is 2.45 bits per heavy atom. The van der Waals surface area contributed by atoms with Crippen LogP contribution in [0.3, 0.4) is 0 Å². The number of nitrogens with zero attached hydrogens (tertiary/aromatic N) is 2. The minimum atomic E-state index is -0.317. The Hall–Kier alpha value is -2.17. The molecule has 0 saturated carbocycles. The van der Waals surface area contributed by atoms with Crippen molar-refractivity contribution >= 4 is 11.6 Å². The average molecular weight is 276 g/mol. The second kappa shape index (κ2) is 5.86. The normalized spacial score (nSPS) is 10.6. The second-order valence-electron chi connectivity index (χ2n) is 4.59. The van der Waals surface area contributed by atoms with Crippen molar-refractivity contribution in [2.24, 2.45) is 0 Å². The number of amides is 1. The summed E-state index contributed by atoms with van der Waals surface area (Å²) >= 11 is 0. The van der Waals surface area contributed by atoms with Crippen molar-refractivity contribution in [3.8, 4) is 0 Å². The first kappa shape index (κ1) is 14.2. The molecule has 0 spiro atoms. The number of anilines is 1. The number of halogens is 1.